The lowest BCUT2D eigenvalue weighted by Crippen LogP contribution is -2.27. The molecule has 6 nitrogen and oxygen atoms in total. The predicted molar refractivity (Wildman–Crippen MR) is 65.2 cm³/mol. The fourth-order valence-electron chi connectivity index (χ4n) is 1.25. The Hall–Kier alpha value is -1.44. The largest absolute Gasteiger partial charge is 0.481 e. The maximum Gasteiger partial charge on any atom is 0.304 e. The van der Waals surface area contributed by atoms with Crippen molar-refractivity contribution in [3.8, 4) is 0 Å². The molecule has 0 spiro atoms. The summed E-state index contributed by atoms with van der Waals surface area (Å²) in [4.78, 5) is 10.3. The van der Waals surface area contributed by atoms with E-state index in [2.05, 4.69) is 4.72 Å². The Bertz CT molecular complexity index is 495. The number of carboxylic acid groups (broad SMARTS) is 1. The first-order valence-electron chi connectivity index (χ1n) is 5.31. The maximum atomic E-state index is 11.4. The number of nitrogens with one attached hydrogen (secondary N) is 1. The van der Waals surface area contributed by atoms with E-state index in [9.17, 15) is 13.2 Å². The van der Waals surface area contributed by atoms with E-state index >= 15 is 0 Å². The molecule has 0 bridgehead atoms. The summed E-state index contributed by atoms with van der Waals surface area (Å²) in [5, 5.41) is 17.2. The molecule has 0 saturated carbocycles. The van der Waals surface area contributed by atoms with Gasteiger partial charge in [-0.25, -0.2) is 13.1 Å². The van der Waals surface area contributed by atoms with Gasteiger partial charge >= 0.3 is 5.97 Å². The molecule has 7 heteroatoms. The highest BCUT2D eigenvalue weighted by atomic mass is 32.2. The van der Waals surface area contributed by atoms with Crippen molar-refractivity contribution in [2.75, 3.05) is 5.75 Å². The summed E-state index contributed by atoms with van der Waals surface area (Å²) in [6.07, 6.45) is -0.418. The van der Waals surface area contributed by atoms with Crippen LogP contribution < -0.4 is 4.72 Å². The Morgan fingerprint density at radius 1 is 1.17 bits per heavy atom. The van der Waals surface area contributed by atoms with Crippen LogP contribution in [0.2, 0.25) is 0 Å². The molecule has 0 aliphatic heterocycles. The molecule has 3 N–H and O–H groups in total. The van der Waals surface area contributed by atoms with Crippen LogP contribution in [-0.4, -0.2) is 30.4 Å². The van der Waals surface area contributed by atoms with Crippen LogP contribution in [0.1, 0.15) is 17.5 Å². The lowest BCUT2D eigenvalue weighted by Gasteiger charge is -2.06. The first-order valence-corrected chi connectivity index (χ1v) is 6.96. The Labute approximate surface area is 105 Å². The third-order valence-electron chi connectivity index (χ3n) is 2.29. The van der Waals surface area contributed by atoms with E-state index < -0.39 is 28.2 Å². The Morgan fingerprint density at radius 2 is 1.72 bits per heavy atom. The van der Waals surface area contributed by atoms with Crippen molar-refractivity contribution >= 4 is 16.0 Å². The van der Waals surface area contributed by atoms with Gasteiger partial charge in [0, 0.05) is 6.54 Å². The summed E-state index contributed by atoms with van der Waals surface area (Å²) >= 11 is 0. The van der Waals surface area contributed by atoms with Crippen LogP contribution >= 0.6 is 0 Å². The molecule has 100 valence electrons. The van der Waals surface area contributed by atoms with E-state index in [1.165, 1.54) is 0 Å². The normalized spacial score (nSPS) is 11.4. The average Bonchev–Trinajstić information content (AvgIpc) is 2.35. The molecule has 1 aromatic carbocycles. The lowest BCUT2D eigenvalue weighted by molar-refractivity contribution is -0.136. The van der Waals surface area contributed by atoms with Gasteiger partial charge in [-0.3, -0.25) is 4.79 Å². The number of hydrogen-bond donors (Lipinski definition) is 3. The minimum absolute atomic E-state index is 0.0649. The number of benzene rings is 1. The van der Waals surface area contributed by atoms with Crippen LogP contribution in [0.5, 0.6) is 0 Å². The number of aliphatic hydroxyl groups is 1. The van der Waals surface area contributed by atoms with Crippen LogP contribution in [0.3, 0.4) is 0 Å². The lowest BCUT2D eigenvalue weighted by atomic mass is 10.1. The minimum Gasteiger partial charge on any atom is -0.481 e. The number of sulfonamides is 1. The molecule has 0 atom stereocenters. The summed E-state index contributed by atoms with van der Waals surface area (Å²) in [7, 11) is -3.57. The number of carbonyl (C=O) groups is 1. The topological polar surface area (TPSA) is 104 Å². The van der Waals surface area contributed by atoms with Crippen molar-refractivity contribution in [3.05, 3.63) is 35.4 Å². The van der Waals surface area contributed by atoms with Gasteiger partial charge in [-0.05, 0) is 11.1 Å². The Kier molecular flexibility index (Phi) is 5.26. The maximum absolute atomic E-state index is 11.4. The predicted octanol–water partition coefficient (Wildman–Crippen LogP) is 0.0730. The summed E-state index contributed by atoms with van der Waals surface area (Å²) in [5.74, 6) is -1.58. The van der Waals surface area contributed by atoms with Crippen LogP contribution in [0.4, 0.5) is 0 Å². The van der Waals surface area contributed by atoms with Gasteiger partial charge in [-0.15, -0.1) is 0 Å². The van der Waals surface area contributed by atoms with Gasteiger partial charge in [-0.2, -0.15) is 0 Å². The summed E-state index contributed by atoms with van der Waals surface area (Å²) < 4.78 is 25.1. The molecule has 0 saturated heterocycles. The number of aliphatic hydroxyl groups excluding tert-OH is 1. The number of aliphatic carboxylic acids is 1. The van der Waals surface area contributed by atoms with Crippen LogP contribution in [0.15, 0.2) is 24.3 Å². The van der Waals surface area contributed by atoms with E-state index in [-0.39, 0.29) is 13.2 Å². The molecule has 0 aliphatic rings. The van der Waals surface area contributed by atoms with Crippen molar-refractivity contribution < 1.29 is 23.4 Å². The van der Waals surface area contributed by atoms with Gasteiger partial charge in [-0.1, -0.05) is 24.3 Å². The second kappa shape index (κ2) is 6.48. The quantitative estimate of drug-likeness (QED) is 0.652. The minimum atomic E-state index is -3.57. The summed E-state index contributed by atoms with van der Waals surface area (Å²) in [5.41, 5.74) is 1.48. The molecule has 0 aromatic heterocycles. The van der Waals surface area contributed by atoms with E-state index in [0.717, 1.165) is 11.1 Å². The molecule has 0 radical (unpaired) electrons. The van der Waals surface area contributed by atoms with Gasteiger partial charge in [0.15, 0.2) is 0 Å². The number of hydrogen-bond acceptors (Lipinski definition) is 4. The summed E-state index contributed by atoms with van der Waals surface area (Å²) in [6.45, 7) is 0.0400. The average molecular weight is 273 g/mol. The second-order valence-electron chi connectivity index (χ2n) is 3.76. The fourth-order valence-corrected chi connectivity index (χ4v) is 2.22. The highest BCUT2D eigenvalue weighted by molar-refractivity contribution is 7.89. The highest BCUT2D eigenvalue weighted by Crippen LogP contribution is 2.04. The van der Waals surface area contributed by atoms with Gasteiger partial charge in [0.05, 0.1) is 18.8 Å². The zero-order valence-corrected chi connectivity index (χ0v) is 10.5. The van der Waals surface area contributed by atoms with Crippen LogP contribution in [0, 0.1) is 0 Å². The number of carboxylic acids is 1. The molecule has 0 fully saturated rings. The monoisotopic (exact) mass is 273 g/mol. The van der Waals surface area contributed by atoms with E-state index in [1.54, 1.807) is 24.3 Å². The van der Waals surface area contributed by atoms with Gasteiger partial charge in [0.25, 0.3) is 0 Å². The summed E-state index contributed by atoms with van der Waals surface area (Å²) in [6, 6.07) is 6.79. The Balaban J connectivity index is 2.50. The SMILES string of the molecule is O=C(O)CCS(=O)(=O)NCc1ccc(CO)cc1. The van der Waals surface area contributed by atoms with Crippen molar-refractivity contribution in [1.29, 1.82) is 0 Å². The van der Waals surface area contributed by atoms with Crippen molar-refractivity contribution in [2.45, 2.75) is 19.6 Å². The molecule has 1 aromatic rings. The first-order chi connectivity index (χ1) is 8.43. The second-order valence-corrected chi connectivity index (χ2v) is 5.68. The molecular weight excluding hydrogens is 258 g/mol. The third-order valence-corrected chi connectivity index (χ3v) is 3.61. The molecule has 0 heterocycles. The smallest absolute Gasteiger partial charge is 0.304 e. The van der Waals surface area contributed by atoms with Crippen molar-refractivity contribution in [3.63, 3.8) is 0 Å². The molecule has 18 heavy (non-hydrogen) atoms. The highest BCUT2D eigenvalue weighted by Gasteiger charge is 2.12. The van der Waals surface area contributed by atoms with Crippen molar-refractivity contribution in [1.82, 2.24) is 4.72 Å². The molecule has 0 amide bonds. The van der Waals surface area contributed by atoms with Crippen LogP contribution in [0.25, 0.3) is 0 Å². The van der Waals surface area contributed by atoms with Gasteiger partial charge in [0.1, 0.15) is 0 Å². The molecule has 1 rings (SSSR count). The van der Waals surface area contributed by atoms with Crippen LogP contribution in [-0.2, 0) is 28.0 Å². The fraction of sp³-hybridized carbons (Fsp3) is 0.364. The zero-order valence-electron chi connectivity index (χ0n) is 9.67. The molecular formula is C11H15NO5S. The van der Waals surface area contributed by atoms with Gasteiger partial charge < -0.3 is 10.2 Å². The first kappa shape index (κ1) is 14.6. The number of rotatable bonds is 7. The van der Waals surface area contributed by atoms with Gasteiger partial charge in [0.2, 0.25) is 10.0 Å². The van der Waals surface area contributed by atoms with E-state index in [1.807, 2.05) is 0 Å². The Morgan fingerprint density at radius 3 is 2.22 bits per heavy atom. The molecule has 0 unspecified atom stereocenters. The van der Waals surface area contributed by atoms with E-state index in [0.29, 0.717) is 0 Å². The standard InChI is InChI=1S/C11H15NO5S/c13-8-10-3-1-9(2-4-10)7-12-18(16,17)6-5-11(14)15/h1-4,12-13H,5-8H2,(H,14,15). The zero-order chi connectivity index (χ0) is 13.6. The van der Waals surface area contributed by atoms with Crippen molar-refractivity contribution in [2.24, 2.45) is 0 Å². The molecule has 0 aliphatic carbocycles. The van der Waals surface area contributed by atoms with E-state index in [4.69, 9.17) is 10.2 Å². The third kappa shape index (κ3) is 5.26.